The fourth-order valence-corrected chi connectivity index (χ4v) is 3.13. The topological polar surface area (TPSA) is 74.4 Å². The van der Waals surface area contributed by atoms with Crippen molar-refractivity contribution < 1.29 is 14.3 Å². The van der Waals surface area contributed by atoms with Crippen LogP contribution >= 0.6 is 11.3 Å². The van der Waals surface area contributed by atoms with E-state index in [0.29, 0.717) is 23.1 Å². The van der Waals surface area contributed by atoms with Gasteiger partial charge in [-0.25, -0.2) is 9.78 Å². The van der Waals surface area contributed by atoms with E-state index < -0.39 is 0 Å². The molecule has 2 N–H and O–H groups in total. The van der Waals surface area contributed by atoms with E-state index in [0.717, 1.165) is 21.7 Å². The SMILES string of the molecule is COC(=O)c1ccc(OCc2ccc(-c3nc(N)sc3C)cc2)cc1. The molecule has 0 aliphatic carbocycles. The van der Waals surface area contributed by atoms with Gasteiger partial charge in [-0.15, -0.1) is 11.3 Å². The van der Waals surface area contributed by atoms with Crippen molar-refractivity contribution in [2.75, 3.05) is 12.8 Å². The average molecular weight is 354 g/mol. The maximum absolute atomic E-state index is 11.4. The third-order valence-corrected chi connectivity index (χ3v) is 4.52. The highest BCUT2D eigenvalue weighted by Gasteiger charge is 2.08. The molecule has 3 aromatic rings. The molecule has 0 saturated carbocycles. The van der Waals surface area contributed by atoms with Gasteiger partial charge in [0.15, 0.2) is 5.13 Å². The molecule has 128 valence electrons. The van der Waals surface area contributed by atoms with Crippen LogP contribution in [0.4, 0.5) is 5.13 Å². The lowest BCUT2D eigenvalue weighted by Gasteiger charge is -2.08. The minimum absolute atomic E-state index is 0.361. The van der Waals surface area contributed by atoms with Gasteiger partial charge in [-0.1, -0.05) is 24.3 Å². The van der Waals surface area contributed by atoms with E-state index in [9.17, 15) is 4.79 Å². The van der Waals surface area contributed by atoms with Crippen molar-refractivity contribution >= 4 is 22.4 Å². The van der Waals surface area contributed by atoms with Gasteiger partial charge < -0.3 is 15.2 Å². The summed E-state index contributed by atoms with van der Waals surface area (Å²) in [6.07, 6.45) is 0. The maximum atomic E-state index is 11.4. The van der Waals surface area contributed by atoms with E-state index in [1.54, 1.807) is 24.3 Å². The third-order valence-electron chi connectivity index (χ3n) is 3.72. The fourth-order valence-electron chi connectivity index (χ4n) is 2.42. The lowest BCUT2D eigenvalue weighted by molar-refractivity contribution is 0.0600. The number of thiazole rings is 1. The summed E-state index contributed by atoms with van der Waals surface area (Å²) in [6, 6.07) is 14.9. The van der Waals surface area contributed by atoms with E-state index in [2.05, 4.69) is 9.72 Å². The van der Waals surface area contributed by atoms with Crippen LogP contribution in [0.2, 0.25) is 0 Å². The molecular weight excluding hydrogens is 336 g/mol. The largest absolute Gasteiger partial charge is 0.489 e. The van der Waals surface area contributed by atoms with E-state index in [1.165, 1.54) is 18.4 Å². The van der Waals surface area contributed by atoms with Crippen LogP contribution in [0.25, 0.3) is 11.3 Å². The Kier molecular flexibility index (Phi) is 5.00. The summed E-state index contributed by atoms with van der Waals surface area (Å²) in [5.74, 6) is 0.333. The Hall–Kier alpha value is -2.86. The third kappa shape index (κ3) is 3.97. The summed E-state index contributed by atoms with van der Waals surface area (Å²) >= 11 is 1.49. The number of carbonyl (C=O) groups is 1. The van der Waals surface area contributed by atoms with Crippen LogP contribution in [0.5, 0.6) is 5.75 Å². The zero-order valence-corrected chi connectivity index (χ0v) is 14.8. The van der Waals surface area contributed by atoms with Gasteiger partial charge in [0.05, 0.1) is 18.4 Å². The first-order valence-corrected chi connectivity index (χ1v) is 8.52. The molecule has 0 unspecified atom stereocenters. The highest BCUT2D eigenvalue weighted by Crippen LogP contribution is 2.29. The normalized spacial score (nSPS) is 10.5. The highest BCUT2D eigenvalue weighted by atomic mass is 32.1. The van der Waals surface area contributed by atoms with E-state index in [-0.39, 0.29) is 5.97 Å². The molecular formula is C19H18N2O3S. The molecule has 0 bridgehead atoms. The monoisotopic (exact) mass is 354 g/mol. The minimum atomic E-state index is -0.361. The van der Waals surface area contributed by atoms with Crippen LogP contribution in [0.3, 0.4) is 0 Å². The molecule has 0 saturated heterocycles. The number of nitrogens with two attached hydrogens (primary N) is 1. The first kappa shape index (κ1) is 17.0. The molecule has 1 aromatic heterocycles. The molecule has 0 aliphatic rings. The Bertz CT molecular complexity index is 871. The molecule has 0 fully saturated rings. The highest BCUT2D eigenvalue weighted by molar-refractivity contribution is 7.15. The van der Waals surface area contributed by atoms with Gasteiger partial charge in [0, 0.05) is 10.4 Å². The smallest absolute Gasteiger partial charge is 0.337 e. The molecule has 2 aromatic carbocycles. The quantitative estimate of drug-likeness (QED) is 0.699. The second-order valence-corrected chi connectivity index (χ2v) is 6.69. The number of hydrogen-bond donors (Lipinski definition) is 1. The fraction of sp³-hybridized carbons (Fsp3) is 0.158. The van der Waals surface area contributed by atoms with Gasteiger partial charge in [0.2, 0.25) is 0 Å². The standard InChI is InChI=1S/C19H18N2O3S/c1-12-17(21-19(20)25-12)14-5-3-13(4-6-14)11-24-16-9-7-15(8-10-16)18(22)23-2/h3-10H,11H2,1-2H3,(H2,20,21). The second kappa shape index (κ2) is 7.36. The molecule has 5 nitrogen and oxygen atoms in total. The first-order valence-electron chi connectivity index (χ1n) is 7.70. The van der Waals surface area contributed by atoms with Gasteiger partial charge in [-0.3, -0.25) is 0 Å². The number of rotatable bonds is 5. The maximum Gasteiger partial charge on any atom is 0.337 e. The van der Waals surface area contributed by atoms with Crippen molar-refractivity contribution in [2.24, 2.45) is 0 Å². The summed E-state index contributed by atoms with van der Waals surface area (Å²) in [6.45, 7) is 2.45. The predicted molar refractivity (Wildman–Crippen MR) is 98.8 cm³/mol. The van der Waals surface area contributed by atoms with Crippen molar-refractivity contribution in [3.63, 3.8) is 0 Å². The summed E-state index contributed by atoms with van der Waals surface area (Å²) < 4.78 is 10.4. The van der Waals surface area contributed by atoms with Gasteiger partial charge in [0.1, 0.15) is 12.4 Å². The number of nitrogen functional groups attached to an aromatic ring is 1. The Morgan fingerprint density at radius 3 is 2.36 bits per heavy atom. The number of benzene rings is 2. The molecule has 25 heavy (non-hydrogen) atoms. The molecule has 0 amide bonds. The number of aromatic nitrogens is 1. The summed E-state index contributed by atoms with van der Waals surface area (Å²) in [5, 5.41) is 0.579. The Balaban J connectivity index is 1.64. The number of esters is 1. The van der Waals surface area contributed by atoms with Crippen LogP contribution in [-0.4, -0.2) is 18.1 Å². The molecule has 3 rings (SSSR count). The van der Waals surface area contributed by atoms with Crippen molar-refractivity contribution in [1.82, 2.24) is 4.98 Å². The van der Waals surface area contributed by atoms with Crippen LogP contribution in [0.15, 0.2) is 48.5 Å². The van der Waals surface area contributed by atoms with Crippen LogP contribution in [-0.2, 0) is 11.3 Å². The first-order chi connectivity index (χ1) is 12.1. The van der Waals surface area contributed by atoms with E-state index in [4.69, 9.17) is 10.5 Å². The number of carbonyl (C=O) groups excluding carboxylic acids is 1. The van der Waals surface area contributed by atoms with Gasteiger partial charge in [-0.05, 0) is 36.8 Å². The molecule has 0 aliphatic heterocycles. The van der Waals surface area contributed by atoms with Gasteiger partial charge >= 0.3 is 5.97 Å². The Morgan fingerprint density at radius 2 is 1.80 bits per heavy atom. The zero-order valence-electron chi connectivity index (χ0n) is 14.0. The number of nitrogens with zero attached hydrogens (tertiary/aromatic N) is 1. The Morgan fingerprint density at radius 1 is 1.12 bits per heavy atom. The van der Waals surface area contributed by atoms with Crippen molar-refractivity contribution in [3.05, 3.63) is 64.5 Å². The molecule has 0 spiro atoms. The summed E-state index contributed by atoms with van der Waals surface area (Å²) in [7, 11) is 1.36. The summed E-state index contributed by atoms with van der Waals surface area (Å²) in [5.41, 5.74) is 9.26. The van der Waals surface area contributed by atoms with Crippen LogP contribution < -0.4 is 10.5 Å². The van der Waals surface area contributed by atoms with E-state index in [1.807, 2.05) is 31.2 Å². The number of anilines is 1. The number of hydrogen-bond acceptors (Lipinski definition) is 6. The van der Waals surface area contributed by atoms with Crippen LogP contribution in [0, 0.1) is 6.92 Å². The second-order valence-electron chi connectivity index (χ2n) is 5.46. The van der Waals surface area contributed by atoms with Gasteiger partial charge in [0.25, 0.3) is 0 Å². The van der Waals surface area contributed by atoms with Crippen molar-refractivity contribution in [3.8, 4) is 17.0 Å². The Labute approximate surface area is 150 Å². The number of ether oxygens (including phenoxy) is 2. The number of methoxy groups -OCH3 is 1. The lowest BCUT2D eigenvalue weighted by atomic mass is 10.1. The minimum Gasteiger partial charge on any atom is -0.489 e. The predicted octanol–water partition coefficient (Wildman–Crippen LogP) is 4.07. The summed E-state index contributed by atoms with van der Waals surface area (Å²) in [4.78, 5) is 16.9. The van der Waals surface area contributed by atoms with Crippen molar-refractivity contribution in [1.29, 1.82) is 0 Å². The van der Waals surface area contributed by atoms with E-state index >= 15 is 0 Å². The molecule has 0 atom stereocenters. The molecule has 1 heterocycles. The van der Waals surface area contributed by atoms with Crippen molar-refractivity contribution in [2.45, 2.75) is 13.5 Å². The van der Waals surface area contributed by atoms with Crippen LogP contribution in [0.1, 0.15) is 20.8 Å². The lowest BCUT2D eigenvalue weighted by Crippen LogP contribution is -2.01. The zero-order chi connectivity index (χ0) is 17.8. The molecule has 6 heteroatoms. The molecule has 0 radical (unpaired) electrons. The van der Waals surface area contributed by atoms with Gasteiger partial charge in [-0.2, -0.15) is 0 Å². The average Bonchev–Trinajstić information content (AvgIpc) is 2.98. The number of aryl methyl sites for hydroxylation is 1.